The van der Waals surface area contributed by atoms with Gasteiger partial charge in [-0.3, -0.25) is 4.79 Å². The van der Waals surface area contributed by atoms with Crippen molar-refractivity contribution in [3.05, 3.63) is 24.2 Å². The van der Waals surface area contributed by atoms with Crippen molar-refractivity contribution < 1.29 is 13.9 Å². The Balaban J connectivity index is 0.00000312. The number of guanidine groups is 1. The summed E-state index contributed by atoms with van der Waals surface area (Å²) in [5.41, 5.74) is 0. The second kappa shape index (κ2) is 11.3. The van der Waals surface area contributed by atoms with Crippen molar-refractivity contribution in [2.45, 2.75) is 58.3 Å². The smallest absolute Gasteiger partial charge is 0.242 e. The van der Waals surface area contributed by atoms with Crippen LogP contribution in [-0.2, 0) is 16.1 Å². The van der Waals surface area contributed by atoms with Crippen molar-refractivity contribution in [1.82, 2.24) is 16.0 Å². The topological polar surface area (TPSA) is 87.9 Å². The number of nitrogens with one attached hydrogen (secondary N) is 3. The fraction of sp³-hybridized carbons (Fsp3) is 0.647. The van der Waals surface area contributed by atoms with E-state index >= 15 is 0 Å². The van der Waals surface area contributed by atoms with E-state index in [-0.39, 0.29) is 54.6 Å². The maximum absolute atomic E-state index is 11.8. The van der Waals surface area contributed by atoms with Crippen LogP contribution in [0.1, 0.15) is 39.4 Å². The first kappa shape index (κ1) is 21.8. The van der Waals surface area contributed by atoms with E-state index in [1.165, 1.54) is 0 Å². The predicted octanol–water partition coefficient (Wildman–Crippen LogP) is 2.02. The molecular weight excluding hydrogens is 435 g/mol. The van der Waals surface area contributed by atoms with Gasteiger partial charge in [-0.05, 0) is 45.7 Å². The number of rotatable bonds is 7. The molecule has 2 rings (SSSR count). The first-order valence-electron chi connectivity index (χ1n) is 8.53. The van der Waals surface area contributed by atoms with E-state index in [1.54, 1.807) is 6.26 Å². The third kappa shape index (κ3) is 8.08. The Bertz CT molecular complexity index is 528. The van der Waals surface area contributed by atoms with Gasteiger partial charge in [0.2, 0.25) is 5.91 Å². The molecule has 1 amide bonds. The van der Waals surface area contributed by atoms with E-state index < -0.39 is 0 Å². The van der Waals surface area contributed by atoms with Gasteiger partial charge in [-0.25, -0.2) is 4.99 Å². The van der Waals surface area contributed by atoms with Gasteiger partial charge in [0.25, 0.3) is 0 Å². The maximum Gasteiger partial charge on any atom is 0.242 e. The lowest BCUT2D eigenvalue weighted by Crippen LogP contribution is -2.47. The van der Waals surface area contributed by atoms with Crippen LogP contribution in [0.5, 0.6) is 0 Å². The summed E-state index contributed by atoms with van der Waals surface area (Å²) in [4.78, 5) is 16.2. The quantitative estimate of drug-likeness (QED) is 0.327. The van der Waals surface area contributed by atoms with Gasteiger partial charge in [0.1, 0.15) is 12.3 Å². The normalized spacial score (nSPS) is 18.6. The Kier molecular flexibility index (Phi) is 9.88. The number of amides is 1. The molecule has 0 aliphatic carbocycles. The number of carbonyl (C=O) groups is 1. The molecule has 1 saturated heterocycles. The molecule has 3 N–H and O–H groups in total. The molecule has 8 heteroatoms. The fourth-order valence-electron chi connectivity index (χ4n) is 2.56. The average molecular weight is 464 g/mol. The molecule has 2 atom stereocenters. The van der Waals surface area contributed by atoms with E-state index in [4.69, 9.17) is 9.15 Å². The van der Waals surface area contributed by atoms with E-state index in [9.17, 15) is 4.79 Å². The van der Waals surface area contributed by atoms with Gasteiger partial charge in [0.05, 0.1) is 25.0 Å². The Labute approximate surface area is 166 Å². The van der Waals surface area contributed by atoms with Crippen molar-refractivity contribution in [3.8, 4) is 0 Å². The minimum Gasteiger partial charge on any atom is -0.467 e. The summed E-state index contributed by atoms with van der Waals surface area (Å²) in [5, 5.41) is 9.35. The van der Waals surface area contributed by atoms with E-state index in [1.807, 2.05) is 26.0 Å². The number of hydrogen-bond acceptors (Lipinski definition) is 4. The highest BCUT2D eigenvalue weighted by Crippen LogP contribution is 2.15. The summed E-state index contributed by atoms with van der Waals surface area (Å²) in [5.74, 6) is 1.28. The second-order valence-electron chi connectivity index (χ2n) is 6.30. The largest absolute Gasteiger partial charge is 0.467 e. The molecule has 2 heterocycles. The second-order valence-corrected chi connectivity index (χ2v) is 6.30. The third-order valence-electron chi connectivity index (χ3n) is 3.73. The van der Waals surface area contributed by atoms with E-state index in [0.29, 0.717) is 12.5 Å². The first-order chi connectivity index (χ1) is 11.5. The number of furan rings is 1. The van der Waals surface area contributed by atoms with Gasteiger partial charge < -0.3 is 25.1 Å². The monoisotopic (exact) mass is 464 g/mol. The van der Waals surface area contributed by atoms with Crippen molar-refractivity contribution in [2.75, 3.05) is 13.2 Å². The van der Waals surface area contributed by atoms with Crippen LogP contribution in [0.4, 0.5) is 0 Å². The zero-order chi connectivity index (χ0) is 17.4. The molecular formula is C17H29IN4O3. The summed E-state index contributed by atoms with van der Waals surface area (Å²) in [7, 11) is 0. The number of hydrogen-bond donors (Lipinski definition) is 3. The number of halogens is 1. The molecule has 1 fully saturated rings. The molecule has 1 aromatic rings. The minimum absolute atomic E-state index is 0. The molecule has 2 unspecified atom stereocenters. The predicted molar refractivity (Wildman–Crippen MR) is 108 cm³/mol. The molecule has 0 aromatic carbocycles. The van der Waals surface area contributed by atoms with Crippen LogP contribution in [-0.4, -0.2) is 43.2 Å². The Morgan fingerprint density at radius 3 is 2.76 bits per heavy atom. The number of aliphatic imine (C=N–C) groups is 1. The lowest BCUT2D eigenvalue weighted by Gasteiger charge is -2.22. The standard InChI is InChI=1S/C17H28N4O3.HI/c1-12(2)20-16(22)11-19-17(18-10-14-6-4-8-23-14)21-13(3)15-7-5-9-24-15;/h4,6,8,12-13,15H,5,7,9-11H2,1-3H3,(H,20,22)(H2,18,19,21);1H. The first-order valence-corrected chi connectivity index (χ1v) is 8.53. The van der Waals surface area contributed by atoms with Crippen molar-refractivity contribution in [3.63, 3.8) is 0 Å². The molecule has 0 radical (unpaired) electrons. The van der Waals surface area contributed by atoms with Crippen molar-refractivity contribution in [1.29, 1.82) is 0 Å². The van der Waals surface area contributed by atoms with Gasteiger partial charge in [-0.15, -0.1) is 24.0 Å². The lowest BCUT2D eigenvalue weighted by molar-refractivity contribution is -0.120. The molecule has 7 nitrogen and oxygen atoms in total. The number of nitrogens with zero attached hydrogens (tertiary/aromatic N) is 1. The molecule has 25 heavy (non-hydrogen) atoms. The number of ether oxygens (including phenoxy) is 1. The molecule has 0 spiro atoms. The van der Waals surface area contributed by atoms with Gasteiger partial charge in [-0.1, -0.05) is 0 Å². The van der Waals surface area contributed by atoms with Crippen LogP contribution in [0.2, 0.25) is 0 Å². The van der Waals surface area contributed by atoms with Crippen molar-refractivity contribution in [2.24, 2.45) is 4.99 Å². The lowest BCUT2D eigenvalue weighted by atomic mass is 10.1. The summed E-state index contributed by atoms with van der Waals surface area (Å²) in [6.45, 7) is 7.30. The molecule has 142 valence electrons. The summed E-state index contributed by atoms with van der Waals surface area (Å²) >= 11 is 0. The van der Waals surface area contributed by atoms with Crippen molar-refractivity contribution >= 4 is 35.8 Å². The summed E-state index contributed by atoms with van der Waals surface area (Å²) in [6.07, 6.45) is 3.92. The third-order valence-corrected chi connectivity index (χ3v) is 3.73. The average Bonchev–Trinajstić information content (AvgIpc) is 3.21. The zero-order valence-electron chi connectivity index (χ0n) is 15.1. The van der Waals surface area contributed by atoms with Crippen LogP contribution in [0.15, 0.2) is 27.8 Å². The van der Waals surface area contributed by atoms with Gasteiger partial charge in [0.15, 0.2) is 5.96 Å². The van der Waals surface area contributed by atoms with Gasteiger partial charge in [-0.2, -0.15) is 0 Å². The van der Waals surface area contributed by atoms with Crippen LogP contribution in [0.3, 0.4) is 0 Å². The summed E-state index contributed by atoms with van der Waals surface area (Å²) in [6, 6.07) is 3.95. The molecule has 1 aliphatic rings. The molecule has 0 saturated carbocycles. The number of carbonyl (C=O) groups excluding carboxylic acids is 1. The van der Waals surface area contributed by atoms with Crippen LogP contribution < -0.4 is 16.0 Å². The Morgan fingerprint density at radius 2 is 2.16 bits per heavy atom. The fourth-order valence-corrected chi connectivity index (χ4v) is 2.56. The van der Waals surface area contributed by atoms with E-state index in [2.05, 4.69) is 27.9 Å². The highest BCUT2D eigenvalue weighted by molar-refractivity contribution is 14.0. The highest BCUT2D eigenvalue weighted by atomic mass is 127. The van der Waals surface area contributed by atoms with Crippen LogP contribution in [0, 0.1) is 0 Å². The highest BCUT2D eigenvalue weighted by Gasteiger charge is 2.23. The van der Waals surface area contributed by atoms with Gasteiger partial charge >= 0.3 is 0 Å². The molecule has 0 bridgehead atoms. The van der Waals surface area contributed by atoms with Gasteiger partial charge in [0, 0.05) is 12.6 Å². The molecule has 1 aromatic heterocycles. The summed E-state index contributed by atoms with van der Waals surface area (Å²) < 4.78 is 11.0. The zero-order valence-corrected chi connectivity index (χ0v) is 17.4. The maximum atomic E-state index is 11.8. The van der Waals surface area contributed by atoms with E-state index in [0.717, 1.165) is 25.2 Å². The SMILES string of the molecule is CC(C)NC(=O)CN=C(NCc1ccco1)NC(C)C1CCCO1.I. The Hall–Kier alpha value is -1.29. The Morgan fingerprint density at radius 1 is 1.36 bits per heavy atom. The van der Waals surface area contributed by atoms with Crippen LogP contribution >= 0.6 is 24.0 Å². The minimum atomic E-state index is -0.103. The van der Waals surface area contributed by atoms with Crippen LogP contribution in [0.25, 0.3) is 0 Å². The molecule has 1 aliphatic heterocycles.